The molecule has 0 bridgehead atoms. The Morgan fingerprint density at radius 3 is 2.68 bits per heavy atom. The van der Waals surface area contributed by atoms with Crippen molar-refractivity contribution in [2.75, 3.05) is 6.61 Å². The monoisotopic (exact) mass is 262 g/mol. The molecule has 0 saturated carbocycles. The van der Waals surface area contributed by atoms with Crippen LogP contribution in [0.3, 0.4) is 0 Å². The first-order valence-electron chi connectivity index (χ1n) is 5.66. The molecule has 0 fully saturated rings. The molecule has 6 heteroatoms. The number of hydrogen-bond donors (Lipinski definition) is 1. The van der Waals surface area contributed by atoms with E-state index in [0.717, 1.165) is 0 Å². The quantitative estimate of drug-likeness (QED) is 0.855. The van der Waals surface area contributed by atoms with Gasteiger partial charge in [0.25, 0.3) is 5.56 Å². The number of halogens is 1. The molecule has 0 unspecified atom stereocenters. The Balaban J connectivity index is 2.54. The van der Waals surface area contributed by atoms with Crippen LogP contribution in [0.25, 0.3) is 11.4 Å². The molecule has 0 aliphatic rings. The van der Waals surface area contributed by atoms with Gasteiger partial charge in [0.15, 0.2) is 5.69 Å². The van der Waals surface area contributed by atoms with E-state index in [4.69, 9.17) is 0 Å². The highest BCUT2D eigenvalue weighted by Gasteiger charge is 2.19. The molecule has 2 rings (SSSR count). The number of benzene rings is 1. The van der Waals surface area contributed by atoms with Gasteiger partial charge in [-0.1, -0.05) is 30.3 Å². The number of hydrogen-bond acceptors (Lipinski definition) is 4. The summed E-state index contributed by atoms with van der Waals surface area (Å²) < 4.78 is 18.2. The fraction of sp³-hybridized carbons (Fsp3) is 0.154. The highest BCUT2D eigenvalue weighted by molar-refractivity contribution is 5.87. The van der Waals surface area contributed by atoms with E-state index in [-0.39, 0.29) is 12.4 Å². The molecule has 19 heavy (non-hydrogen) atoms. The van der Waals surface area contributed by atoms with E-state index in [1.54, 1.807) is 37.3 Å². The van der Waals surface area contributed by atoms with Crippen molar-refractivity contribution < 1.29 is 13.9 Å². The summed E-state index contributed by atoms with van der Waals surface area (Å²) in [7, 11) is 0. The van der Waals surface area contributed by atoms with Crippen molar-refractivity contribution in [3.05, 3.63) is 52.2 Å². The van der Waals surface area contributed by atoms with E-state index in [9.17, 15) is 14.0 Å². The summed E-state index contributed by atoms with van der Waals surface area (Å²) in [4.78, 5) is 29.1. The van der Waals surface area contributed by atoms with Crippen molar-refractivity contribution in [2.24, 2.45) is 0 Å². The molecule has 1 aromatic heterocycles. The number of ether oxygens (including phenoxy) is 1. The van der Waals surface area contributed by atoms with Gasteiger partial charge in [0.05, 0.1) is 6.61 Å². The topological polar surface area (TPSA) is 72.0 Å². The number of rotatable bonds is 3. The van der Waals surface area contributed by atoms with Crippen LogP contribution in [0.2, 0.25) is 0 Å². The van der Waals surface area contributed by atoms with Crippen molar-refractivity contribution >= 4 is 5.97 Å². The van der Waals surface area contributed by atoms with Crippen molar-refractivity contribution in [1.29, 1.82) is 0 Å². The van der Waals surface area contributed by atoms with Crippen LogP contribution in [0, 0.1) is 5.82 Å². The fourth-order valence-electron chi connectivity index (χ4n) is 1.53. The van der Waals surface area contributed by atoms with Crippen molar-refractivity contribution in [1.82, 2.24) is 9.97 Å². The summed E-state index contributed by atoms with van der Waals surface area (Å²) in [5.74, 6) is -2.07. The molecule has 5 nitrogen and oxygen atoms in total. The summed E-state index contributed by atoms with van der Waals surface area (Å²) in [5, 5.41) is 0. The lowest BCUT2D eigenvalue weighted by Gasteiger charge is -2.05. The first kappa shape index (κ1) is 12.9. The van der Waals surface area contributed by atoms with Gasteiger partial charge < -0.3 is 9.72 Å². The van der Waals surface area contributed by atoms with Gasteiger partial charge in [-0.3, -0.25) is 4.79 Å². The van der Waals surface area contributed by atoms with Gasteiger partial charge in [0, 0.05) is 5.56 Å². The highest BCUT2D eigenvalue weighted by Crippen LogP contribution is 2.14. The smallest absolute Gasteiger partial charge is 0.360 e. The number of carbonyl (C=O) groups excluding carboxylic acids is 1. The summed E-state index contributed by atoms with van der Waals surface area (Å²) in [6.07, 6.45) is 0. The average Bonchev–Trinajstić information content (AvgIpc) is 2.43. The van der Waals surface area contributed by atoms with Crippen molar-refractivity contribution in [2.45, 2.75) is 6.92 Å². The molecule has 1 N–H and O–H groups in total. The van der Waals surface area contributed by atoms with Crippen LogP contribution in [0.15, 0.2) is 35.1 Å². The van der Waals surface area contributed by atoms with Gasteiger partial charge in [-0.25, -0.2) is 9.78 Å². The number of H-pyrrole nitrogens is 1. The minimum Gasteiger partial charge on any atom is -0.461 e. The minimum atomic E-state index is -1.24. The Hall–Kier alpha value is -2.50. The molecule has 1 heterocycles. The van der Waals surface area contributed by atoms with E-state index < -0.39 is 23.0 Å². The van der Waals surface area contributed by atoms with Crippen LogP contribution < -0.4 is 5.56 Å². The highest BCUT2D eigenvalue weighted by atomic mass is 19.1. The number of carbonyl (C=O) groups is 1. The van der Waals surface area contributed by atoms with Crippen LogP contribution in [0.5, 0.6) is 0 Å². The van der Waals surface area contributed by atoms with Crippen LogP contribution >= 0.6 is 0 Å². The Labute approximate surface area is 108 Å². The molecular formula is C13H11FN2O3. The zero-order valence-electron chi connectivity index (χ0n) is 10.1. The van der Waals surface area contributed by atoms with Gasteiger partial charge in [-0.15, -0.1) is 0 Å². The molecule has 0 aliphatic heterocycles. The molecule has 98 valence electrons. The van der Waals surface area contributed by atoms with Gasteiger partial charge >= 0.3 is 5.97 Å². The minimum absolute atomic E-state index is 0.0768. The molecule has 0 radical (unpaired) electrons. The summed E-state index contributed by atoms with van der Waals surface area (Å²) in [6, 6.07) is 8.64. The maximum absolute atomic E-state index is 13.6. The normalized spacial score (nSPS) is 10.2. The van der Waals surface area contributed by atoms with Crippen LogP contribution in [-0.4, -0.2) is 22.5 Å². The van der Waals surface area contributed by atoms with E-state index in [2.05, 4.69) is 14.7 Å². The van der Waals surface area contributed by atoms with Crippen molar-refractivity contribution in [3.8, 4) is 11.4 Å². The van der Waals surface area contributed by atoms with E-state index in [1.807, 2.05) is 0 Å². The largest absolute Gasteiger partial charge is 0.461 e. The predicted octanol–water partition coefficient (Wildman–Crippen LogP) is 1.75. The Bertz CT molecular complexity index is 653. The number of nitrogens with zero attached hydrogens (tertiary/aromatic N) is 1. The van der Waals surface area contributed by atoms with E-state index in [0.29, 0.717) is 5.56 Å². The SMILES string of the molecule is CCOC(=O)c1nc(-c2ccccc2)[nH]c(=O)c1F. The first-order chi connectivity index (χ1) is 9.13. The molecule has 0 atom stereocenters. The van der Waals surface area contributed by atoms with Crippen LogP contribution in [0.1, 0.15) is 17.4 Å². The molecule has 0 aliphatic carbocycles. The average molecular weight is 262 g/mol. The first-order valence-corrected chi connectivity index (χ1v) is 5.66. The second kappa shape index (κ2) is 5.43. The third-order valence-electron chi connectivity index (χ3n) is 2.38. The number of aromatic nitrogens is 2. The maximum atomic E-state index is 13.6. The molecular weight excluding hydrogens is 251 g/mol. The number of esters is 1. The maximum Gasteiger partial charge on any atom is 0.360 e. The van der Waals surface area contributed by atoms with E-state index >= 15 is 0 Å². The fourth-order valence-corrected chi connectivity index (χ4v) is 1.53. The standard InChI is InChI=1S/C13H11FN2O3/c1-2-19-13(18)10-9(14)12(17)16-11(15-10)8-6-4-3-5-7-8/h3-7H,2H2,1H3,(H,15,16,17). The summed E-state index contributed by atoms with van der Waals surface area (Å²) >= 11 is 0. The van der Waals surface area contributed by atoms with E-state index in [1.165, 1.54) is 0 Å². The van der Waals surface area contributed by atoms with Crippen LogP contribution in [0.4, 0.5) is 4.39 Å². The lowest BCUT2D eigenvalue weighted by atomic mass is 10.2. The van der Waals surface area contributed by atoms with Crippen molar-refractivity contribution in [3.63, 3.8) is 0 Å². The van der Waals surface area contributed by atoms with Gasteiger partial charge in [0.1, 0.15) is 5.82 Å². The molecule has 0 spiro atoms. The molecule has 1 aromatic carbocycles. The summed E-state index contributed by atoms with van der Waals surface area (Å²) in [5.41, 5.74) is -1.04. The number of nitrogens with one attached hydrogen (secondary N) is 1. The third kappa shape index (κ3) is 2.67. The Kier molecular flexibility index (Phi) is 3.70. The van der Waals surface area contributed by atoms with Crippen LogP contribution in [-0.2, 0) is 4.74 Å². The summed E-state index contributed by atoms with van der Waals surface area (Å²) in [6.45, 7) is 1.66. The Morgan fingerprint density at radius 1 is 1.37 bits per heavy atom. The van der Waals surface area contributed by atoms with Gasteiger partial charge in [0.2, 0.25) is 5.82 Å². The lowest BCUT2D eigenvalue weighted by Crippen LogP contribution is -2.21. The predicted molar refractivity (Wildman–Crippen MR) is 66.2 cm³/mol. The second-order valence-corrected chi connectivity index (χ2v) is 3.66. The number of aromatic amines is 1. The molecule has 0 amide bonds. The molecule has 0 saturated heterocycles. The second-order valence-electron chi connectivity index (χ2n) is 3.66. The zero-order valence-corrected chi connectivity index (χ0v) is 10.1. The lowest BCUT2D eigenvalue weighted by molar-refractivity contribution is 0.0513. The zero-order chi connectivity index (χ0) is 13.8. The molecule has 2 aromatic rings. The third-order valence-corrected chi connectivity index (χ3v) is 2.38. The van der Waals surface area contributed by atoms with Gasteiger partial charge in [-0.05, 0) is 6.92 Å². The van der Waals surface area contributed by atoms with Gasteiger partial charge in [-0.2, -0.15) is 4.39 Å². The Morgan fingerprint density at radius 2 is 2.05 bits per heavy atom.